The molecule has 4 rings (SSSR count). The van der Waals surface area contributed by atoms with E-state index < -0.39 is 0 Å². The van der Waals surface area contributed by atoms with Crippen LogP contribution in [0.1, 0.15) is 80.1 Å². The summed E-state index contributed by atoms with van der Waals surface area (Å²) in [6, 6.07) is 0. The lowest BCUT2D eigenvalue weighted by Gasteiger charge is -2.51. The van der Waals surface area contributed by atoms with Crippen molar-refractivity contribution in [2.75, 3.05) is 0 Å². The first-order valence-corrected chi connectivity index (χ1v) is 12.0. The Morgan fingerprint density at radius 2 is 1.72 bits per heavy atom. The molecular weight excluding hydrogens is 352 g/mol. The van der Waals surface area contributed by atoms with Crippen molar-refractivity contribution in [2.45, 2.75) is 80.1 Å². The van der Waals surface area contributed by atoms with E-state index in [2.05, 4.69) is 65.8 Å². The SMILES string of the molecule is CC(C)[C@@H](C)/C=C/[C@@H](C)C1CCC2=C3C=CC4=CC(=O)CCC4(C)C3CCC21C. The second kappa shape index (κ2) is 7.40. The molecule has 0 N–H and O–H groups in total. The second-order valence-corrected chi connectivity index (χ2v) is 11.3. The first kappa shape index (κ1) is 20.9. The van der Waals surface area contributed by atoms with Gasteiger partial charge in [0, 0.05) is 6.42 Å². The average molecular weight is 393 g/mol. The van der Waals surface area contributed by atoms with E-state index in [9.17, 15) is 4.79 Å². The topological polar surface area (TPSA) is 17.1 Å². The second-order valence-electron chi connectivity index (χ2n) is 11.3. The van der Waals surface area contributed by atoms with Crippen molar-refractivity contribution in [2.24, 2.45) is 40.4 Å². The van der Waals surface area contributed by atoms with Gasteiger partial charge in [-0.1, -0.05) is 71.4 Å². The molecule has 4 aliphatic rings. The van der Waals surface area contributed by atoms with Gasteiger partial charge in [0.2, 0.25) is 0 Å². The van der Waals surface area contributed by atoms with Crippen LogP contribution in [-0.2, 0) is 4.79 Å². The summed E-state index contributed by atoms with van der Waals surface area (Å²) in [6.45, 7) is 14.4. The molecule has 0 radical (unpaired) electrons. The molecule has 0 spiro atoms. The van der Waals surface area contributed by atoms with Gasteiger partial charge in [0.05, 0.1) is 0 Å². The highest BCUT2D eigenvalue weighted by Gasteiger charge is 2.53. The van der Waals surface area contributed by atoms with Crippen LogP contribution in [0.3, 0.4) is 0 Å². The Kier molecular flexibility index (Phi) is 5.33. The van der Waals surface area contributed by atoms with Crippen LogP contribution in [0.4, 0.5) is 0 Å². The molecule has 6 atom stereocenters. The van der Waals surface area contributed by atoms with Gasteiger partial charge in [-0.3, -0.25) is 4.79 Å². The summed E-state index contributed by atoms with van der Waals surface area (Å²) < 4.78 is 0. The molecule has 0 saturated heterocycles. The Labute approximate surface area is 178 Å². The lowest BCUT2D eigenvalue weighted by Crippen LogP contribution is -2.41. The molecule has 0 aliphatic heterocycles. The smallest absolute Gasteiger partial charge is 0.156 e. The highest BCUT2D eigenvalue weighted by Crippen LogP contribution is 2.63. The summed E-state index contributed by atoms with van der Waals surface area (Å²) in [4.78, 5) is 12.0. The first-order valence-electron chi connectivity index (χ1n) is 12.0. The molecule has 0 bridgehead atoms. The summed E-state index contributed by atoms with van der Waals surface area (Å²) in [5.74, 6) is 3.69. The Morgan fingerprint density at radius 3 is 2.45 bits per heavy atom. The fourth-order valence-corrected chi connectivity index (χ4v) is 6.91. The van der Waals surface area contributed by atoms with Gasteiger partial charge >= 0.3 is 0 Å². The van der Waals surface area contributed by atoms with Gasteiger partial charge in [-0.25, -0.2) is 0 Å². The summed E-state index contributed by atoms with van der Waals surface area (Å²) in [5.41, 5.74) is 5.21. The molecule has 1 nitrogen and oxygen atoms in total. The van der Waals surface area contributed by atoms with E-state index in [0.29, 0.717) is 34.9 Å². The zero-order chi connectivity index (χ0) is 21.0. The van der Waals surface area contributed by atoms with Crippen LogP contribution in [0.5, 0.6) is 0 Å². The molecule has 0 aromatic carbocycles. The van der Waals surface area contributed by atoms with Gasteiger partial charge in [0.1, 0.15) is 0 Å². The number of allylic oxidation sites excluding steroid dienone is 8. The van der Waals surface area contributed by atoms with Crippen LogP contribution in [0.25, 0.3) is 0 Å². The van der Waals surface area contributed by atoms with Crippen molar-refractivity contribution in [3.05, 3.63) is 47.1 Å². The summed E-state index contributed by atoms with van der Waals surface area (Å²) in [6.07, 6.45) is 18.5. The molecule has 0 heterocycles. The summed E-state index contributed by atoms with van der Waals surface area (Å²) in [7, 11) is 0. The molecule has 4 unspecified atom stereocenters. The number of hydrogen-bond donors (Lipinski definition) is 0. The maximum atomic E-state index is 12.0. The number of carbonyl (C=O) groups excluding carboxylic acids is 1. The third-order valence-corrected chi connectivity index (χ3v) is 9.37. The standard InChI is InChI=1S/C28H40O/c1-18(2)19(3)7-8-20(4)24-11-12-25-23-10-9-21-17-22(29)13-15-27(21,5)26(23)14-16-28(24,25)6/h7-10,17-20,24,26H,11-16H2,1-6H3/b8-7+/t19-,20+,24?,26?,27?,28?/m0/s1. The maximum Gasteiger partial charge on any atom is 0.156 e. The van der Waals surface area contributed by atoms with E-state index in [1.165, 1.54) is 31.3 Å². The van der Waals surface area contributed by atoms with Gasteiger partial charge in [0.25, 0.3) is 0 Å². The van der Waals surface area contributed by atoms with E-state index in [-0.39, 0.29) is 5.41 Å². The van der Waals surface area contributed by atoms with Crippen molar-refractivity contribution in [3.8, 4) is 0 Å². The van der Waals surface area contributed by atoms with Gasteiger partial charge in [-0.15, -0.1) is 0 Å². The molecule has 158 valence electrons. The Balaban J connectivity index is 1.65. The minimum Gasteiger partial charge on any atom is -0.295 e. The highest BCUT2D eigenvalue weighted by molar-refractivity contribution is 5.92. The Bertz CT molecular complexity index is 806. The largest absolute Gasteiger partial charge is 0.295 e. The monoisotopic (exact) mass is 392 g/mol. The lowest BCUT2D eigenvalue weighted by atomic mass is 9.53. The molecule has 1 fully saturated rings. The third kappa shape index (κ3) is 3.33. The molecule has 0 aromatic rings. The maximum absolute atomic E-state index is 12.0. The van der Waals surface area contributed by atoms with Crippen molar-refractivity contribution >= 4 is 5.78 Å². The van der Waals surface area contributed by atoms with Crippen molar-refractivity contribution < 1.29 is 4.79 Å². The number of carbonyl (C=O) groups is 1. The van der Waals surface area contributed by atoms with Gasteiger partial charge in [0.15, 0.2) is 5.78 Å². The summed E-state index contributed by atoms with van der Waals surface area (Å²) >= 11 is 0. The zero-order valence-corrected chi connectivity index (χ0v) is 19.4. The van der Waals surface area contributed by atoms with E-state index in [0.717, 1.165) is 18.8 Å². The normalized spacial score (nSPS) is 38.7. The minimum absolute atomic E-state index is 0.169. The quantitative estimate of drug-likeness (QED) is 0.454. The van der Waals surface area contributed by atoms with Crippen LogP contribution in [0.2, 0.25) is 0 Å². The molecule has 0 amide bonds. The van der Waals surface area contributed by atoms with E-state index >= 15 is 0 Å². The number of rotatable bonds is 4. The van der Waals surface area contributed by atoms with Crippen LogP contribution in [0.15, 0.2) is 47.1 Å². The van der Waals surface area contributed by atoms with E-state index in [4.69, 9.17) is 0 Å². The van der Waals surface area contributed by atoms with Gasteiger partial charge < -0.3 is 0 Å². The van der Waals surface area contributed by atoms with Crippen molar-refractivity contribution in [3.63, 3.8) is 0 Å². The molecule has 0 aromatic heterocycles. The Morgan fingerprint density at radius 1 is 0.966 bits per heavy atom. The fraction of sp³-hybridized carbons (Fsp3) is 0.679. The Hall–Kier alpha value is -1.37. The molecule has 4 aliphatic carbocycles. The number of fused-ring (bicyclic) bond motifs is 4. The molecule has 1 saturated carbocycles. The zero-order valence-electron chi connectivity index (χ0n) is 19.4. The van der Waals surface area contributed by atoms with Gasteiger partial charge in [-0.2, -0.15) is 0 Å². The fourth-order valence-electron chi connectivity index (χ4n) is 6.91. The predicted molar refractivity (Wildman–Crippen MR) is 122 cm³/mol. The lowest BCUT2D eigenvalue weighted by molar-refractivity contribution is -0.116. The number of hydrogen-bond acceptors (Lipinski definition) is 1. The summed E-state index contributed by atoms with van der Waals surface area (Å²) in [5, 5.41) is 0. The third-order valence-electron chi connectivity index (χ3n) is 9.37. The predicted octanol–water partition coefficient (Wildman–Crippen LogP) is 7.46. The van der Waals surface area contributed by atoms with Crippen LogP contribution >= 0.6 is 0 Å². The van der Waals surface area contributed by atoms with Gasteiger partial charge in [-0.05, 0) is 89.7 Å². The van der Waals surface area contributed by atoms with Crippen LogP contribution in [-0.4, -0.2) is 5.78 Å². The van der Waals surface area contributed by atoms with Crippen LogP contribution in [0, 0.1) is 40.4 Å². The van der Waals surface area contributed by atoms with Crippen molar-refractivity contribution in [1.29, 1.82) is 0 Å². The van der Waals surface area contributed by atoms with E-state index in [1.54, 1.807) is 11.1 Å². The first-order chi connectivity index (χ1) is 13.7. The van der Waals surface area contributed by atoms with E-state index in [1.807, 2.05) is 6.08 Å². The highest BCUT2D eigenvalue weighted by atomic mass is 16.1. The van der Waals surface area contributed by atoms with Crippen LogP contribution < -0.4 is 0 Å². The average Bonchev–Trinajstić information content (AvgIpc) is 3.03. The van der Waals surface area contributed by atoms with Crippen molar-refractivity contribution in [1.82, 2.24) is 0 Å². The molecule has 1 heteroatoms. The number of ketones is 1. The molecular formula is C28H40O. The molecule has 29 heavy (non-hydrogen) atoms. The minimum atomic E-state index is 0.169.